The van der Waals surface area contributed by atoms with Crippen LogP contribution in [0.15, 0.2) is 18.2 Å². The zero-order chi connectivity index (χ0) is 17.4. The summed E-state index contributed by atoms with van der Waals surface area (Å²) in [6.07, 6.45) is 3.35. The third kappa shape index (κ3) is 4.54. The first kappa shape index (κ1) is 22.3. The number of hydrogen-bond acceptors (Lipinski definition) is 6. The molecule has 2 fully saturated rings. The second-order valence-corrected chi connectivity index (χ2v) is 8.20. The van der Waals surface area contributed by atoms with Crippen molar-refractivity contribution >= 4 is 53.5 Å². The maximum atomic E-state index is 13.0. The summed E-state index contributed by atoms with van der Waals surface area (Å²) in [5, 5.41) is 3.44. The van der Waals surface area contributed by atoms with Gasteiger partial charge in [0.15, 0.2) is 0 Å². The van der Waals surface area contributed by atoms with Crippen molar-refractivity contribution in [3.05, 3.63) is 23.8 Å². The van der Waals surface area contributed by atoms with Crippen LogP contribution in [0.5, 0.6) is 0 Å². The van der Waals surface area contributed by atoms with Crippen molar-refractivity contribution in [1.29, 1.82) is 0 Å². The normalized spacial score (nSPS) is 21.6. The molecule has 150 valence electrons. The van der Waals surface area contributed by atoms with Crippen LogP contribution in [0, 0.1) is 5.41 Å². The Morgan fingerprint density at radius 1 is 1.30 bits per heavy atom. The number of fused-ring (bicyclic) bond motifs is 1. The second-order valence-electron chi connectivity index (χ2n) is 7.67. The largest absolute Gasteiger partial charge is 0.340 e. The fraction of sp³-hybridized carbons (Fsp3) is 0.611. The summed E-state index contributed by atoms with van der Waals surface area (Å²) in [5.74, 6) is 0.231. The van der Waals surface area contributed by atoms with Crippen molar-refractivity contribution in [3.63, 3.8) is 0 Å². The summed E-state index contributed by atoms with van der Waals surface area (Å²) in [5.41, 5.74) is 3.26. The van der Waals surface area contributed by atoms with Crippen LogP contribution in [0.25, 0.3) is 11.0 Å². The van der Waals surface area contributed by atoms with Crippen LogP contribution in [-0.4, -0.2) is 64.2 Å². The highest BCUT2D eigenvalue weighted by molar-refractivity contribution is 7.00. The van der Waals surface area contributed by atoms with E-state index in [9.17, 15) is 4.79 Å². The fourth-order valence-corrected chi connectivity index (χ4v) is 4.91. The van der Waals surface area contributed by atoms with E-state index in [4.69, 9.17) is 0 Å². The predicted octanol–water partition coefficient (Wildman–Crippen LogP) is 2.57. The van der Waals surface area contributed by atoms with E-state index in [0.29, 0.717) is 12.0 Å². The van der Waals surface area contributed by atoms with Gasteiger partial charge in [0, 0.05) is 20.1 Å². The molecule has 3 heterocycles. The summed E-state index contributed by atoms with van der Waals surface area (Å²) in [7, 11) is 4.01. The molecule has 9 heteroatoms. The van der Waals surface area contributed by atoms with Gasteiger partial charge in [0.05, 0.1) is 17.8 Å². The lowest BCUT2D eigenvalue weighted by Gasteiger charge is -2.33. The van der Waals surface area contributed by atoms with Gasteiger partial charge in [0.25, 0.3) is 0 Å². The van der Waals surface area contributed by atoms with Crippen LogP contribution in [0.4, 0.5) is 0 Å². The van der Waals surface area contributed by atoms with E-state index in [0.717, 1.165) is 42.7 Å². The Labute approximate surface area is 176 Å². The minimum atomic E-state index is 0. The van der Waals surface area contributed by atoms with E-state index in [1.54, 1.807) is 0 Å². The molecule has 1 aromatic carbocycles. The van der Waals surface area contributed by atoms with Gasteiger partial charge in [0.2, 0.25) is 5.91 Å². The Morgan fingerprint density at radius 2 is 2.00 bits per heavy atom. The molecule has 4 rings (SSSR count). The summed E-state index contributed by atoms with van der Waals surface area (Å²) in [6.45, 7) is 3.80. The molecule has 0 bridgehead atoms. The van der Waals surface area contributed by atoms with Crippen molar-refractivity contribution in [2.45, 2.75) is 31.8 Å². The highest BCUT2D eigenvalue weighted by Gasteiger charge is 2.46. The summed E-state index contributed by atoms with van der Waals surface area (Å²) < 4.78 is 8.52. The molecule has 0 radical (unpaired) electrons. The Balaban J connectivity index is 0.00000131. The van der Waals surface area contributed by atoms with Gasteiger partial charge in [-0.25, -0.2) is 0 Å². The van der Waals surface area contributed by atoms with Gasteiger partial charge in [-0.2, -0.15) is 8.75 Å². The molecule has 1 atom stereocenters. The molecule has 0 saturated carbocycles. The van der Waals surface area contributed by atoms with Gasteiger partial charge in [-0.05, 0) is 62.5 Å². The SMILES string of the molecule is CN(Cc1ccc2nsnc2c1)C(=O)C1CC2(CCNCC2)CN1C.Cl.Cl. The molecule has 2 saturated heterocycles. The first-order valence-corrected chi connectivity index (χ1v) is 9.67. The lowest BCUT2D eigenvalue weighted by molar-refractivity contribution is -0.134. The van der Waals surface area contributed by atoms with Gasteiger partial charge in [-0.3, -0.25) is 9.69 Å². The van der Waals surface area contributed by atoms with Gasteiger partial charge >= 0.3 is 0 Å². The van der Waals surface area contributed by atoms with Crippen molar-refractivity contribution in [1.82, 2.24) is 23.9 Å². The number of carbonyl (C=O) groups is 1. The number of likely N-dealkylation sites (tertiary alicyclic amines) is 1. The molecule has 0 aliphatic carbocycles. The molecule has 1 amide bonds. The third-order valence-corrected chi connectivity index (χ3v) is 6.36. The maximum Gasteiger partial charge on any atom is 0.239 e. The third-order valence-electron chi connectivity index (χ3n) is 5.81. The molecule has 1 unspecified atom stereocenters. The minimum absolute atomic E-state index is 0. The van der Waals surface area contributed by atoms with E-state index in [1.165, 1.54) is 24.6 Å². The summed E-state index contributed by atoms with van der Waals surface area (Å²) in [4.78, 5) is 17.2. The molecule has 1 N–H and O–H groups in total. The predicted molar refractivity (Wildman–Crippen MR) is 114 cm³/mol. The lowest BCUT2D eigenvalue weighted by atomic mass is 9.77. The number of nitrogens with zero attached hydrogens (tertiary/aromatic N) is 4. The molecular formula is C18H27Cl2N5OS. The van der Waals surface area contributed by atoms with Crippen LogP contribution in [0.1, 0.15) is 24.8 Å². The van der Waals surface area contributed by atoms with Crippen LogP contribution >= 0.6 is 36.5 Å². The number of benzene rings is 1. The first-order valence-electron chi connectivity index (χ1n) is 8.94. The standard InChI is InChI=1S/C18H25N5OS.2ClH/c1-22(11-13-3-4-14-15(9-13)21-25-20-14)17(24)16-10-18(12-23(16)2)5-7-19-8-6-18;;/h3-4,9,16,19H,5-8,10-12H2,1-2H3;2*1H. The van der Waals surface area contributed by atoms with Gasteiger partial charge < -0.3 is 10.2 Å². The molecule has 2 aliphatic heterocycles. The minimum Gasteiger partial charge on any atom is -0.340 e. The zero-order valence-electron chi connectivity index (χ0n) is 15.7. The lowest BCUT2D eigenvalue weighted by Crippen LogP contribution is -2.42. The quantitative estimate of drug-likeness (QED) is 0.808. The number of likely N-dealkylation sites (N-methyl/N-ethyl adjacent to an activating group) is 2. The summed E-state index contributed by atoms with van der Waals surface area (Å²) in [6, 6.07) is 6.07. The molecule has 1 spiro atoms. The monoisotopic (exact) mass is 431 g/mol. The van der Waals surface area contributed by atoms with E-state index in [1.807, 2.05) is 30.1 Å². The van der Waals surface area contributed by atoms with E-state index < -0.39 is 0 Å². The van der Waals surface area contributed by atoms with E-state index in [-0.39, 0.29) is 36.8 Å². The first-order chi connectivity index (χ1) is 12.1. The van der Waals surface area contributed by atoms with Crippen LogP contribution in [0.3, 0.4) is 0 Å². The van der Waals surface area contributed by atoms with Gasteiger partial charge in [-0.1, -0.05) is 6.07 Å². The van der Waals surface area contributed by atoms with E-state index in [2.05, 4.69) is 26.0 Å². The van der Waals surface area contributed by atoms with Crippen molar-refractivity contribution in [3.8, 4) is 0 Å². The Morgan fingerprint density at radius 3 is 2.74 bits per heavy atom. The average molecular weight is 432 g/mol. The number of nitrogens with one attached hydrogen (secondary N) is 1. The molecule has 6 nitrogen and oxygen atoms in total. The highest BCUT2D eigenvalue weighted by atomic mass is 35.5. The number of amides is 1. The second kappa shape index (κ2) is 9.01. The number of piperidine rings is 1. The van der Waals surface area contributed by atoms with Crippen LogP contribution in [0.2, 0.25) is 0 Å². The Kier molecular flexibility index (Phi) is 7.44. The molecule has 1 aromatic heterocycles. The smallest absolute Gasteiger partial charge is 0.239 e. The zero-order valence-corrected chi connectivity index (χ0v) is 18.1. The summed E-state index contributed by atoms with van der Waals surface area (Å²) >= 11 is 1.23. The van der Waals surface area contributed by atoms with Crippen LogP contribution < -0.4 is 5.32 Å². The number of aromatic nitrogens is 2. The number of carbonyl (C=O) groups excluding carboxylic acids is 1. The molecular weight excluding hydrogens is 405 g/mol. The van der Waals surface area contributed by atoms with Crippen molar-refractivity contribution in [2.24, 2.45) is 5.41 Å². The number of halogens is 2. The van der Waals surface area contributed by atoms with Crippen LogP contribution in [-0.2, 0) is 11.3 Å². The fourth-order valence-electron chi connectivity index (χ4n) is 4.40. The van der Waals surface area contributed by atoms with Crippen molar-refractivity contribution in [2.75, 3.05) is 33.7 Å². The Hall–Kier alpha value is -0.990. The topological polar surface area (TPSA) is 61.4 Å². The average Bonchev–Trinajstić information content (AvgIpc) is 3.19. The maximum absolute atomic E-state index is 13.0. The van der Waals surface area contributed by atoms with E-state index >= 15 is 0 Å². The highest BCUT2D eigenvalue weighted by Crippen LogP contribution is 2.41. The Bertz CT molecular complexity index is 780. The molecule has 27 heavy (non-hydrogen) atoms. The molecule has 2 aliphatic rings. The van der Waals surface area contributed by atoms with Crippen molar-refractivity contribution < 1.29 is 4.79 Å². The molecule has 2 aromatic rings. The van der Waals surface area contributed by atoms with Gasteiger partial charge in [-0.15, -0.1) is 24.8 Å². The van der Waals surface area contributed by atoms with Gasteiger partial charge in [0.1, 0.15) is 11.0 Å². The number of rotatable bonds is 3. The number of hydrogen-bond donors (Lipinski definition) is 1.